The van der Waals surface area contributed by atoms with E-state index < -0.39 is 0 Å². The van der Waals surface area contributed by atoms with Gasteiger partial charge in [-0.15, -0.1) is 0 Å². The molecular weight excluding hydrogens is 316 g/mol. The van der Waals surface area contributed by atoms with Gasteiger partial charge in [-0.05, 0) is 48.6 Å². The summed E-state index contributed by atoms with van der Waals surface area (Å²) in [5, 5.41) is 13.7. The predicted molar refractivity (Wildman–Crippen MR) is 89.6 cm³/mol. The molecular formula is C16H18N2O2S2. The van der Waals surface area contributed by atoms with Crippen LogP contribution in [0.5, 0.6) is 0 Å². The molecule has 2 heterocycles. The molecule has 116 valence electrons. The largest absolute Gasteiger partial charge is 0.349 e. The highest BCUT2D eigenvalue weighted by Gasteiger charge is 2.25. The molecule has 1 aliphatic rings. The number of carbonyl (C=O) groups excluding carboxylic acids is 2. The number of amides is 2. The third-order valence-electron chi connectivity index (χ3n) is 3.91. The zero-order valence-corrected chi connectivity index (χ0v) is 13.7. The predicted octanol–water partition coefficient (Wildman–Crippen LogP) is 3.28. The first-order valence-electron chi connectivity index (χ1n) is 7.38. The summed E-state index contributed by atoms with van der Waals surface area (Å²) < 4.78 is 0. The molecule has 2 aromatic heterocycles. The first-order valence-corrected chi connectivity index (χ1v) is 9.27. The quantitative estimate of drug-likeness (QED) is 0.901. The van der Waals surface area contributed by atoms with Crippen molar-refractivity contribution in [3.8, 4) is 0 Å². The molecule has 6 heteroatoms. The molecule has 0 aromatic carbocycles. The van der Waals surface area contributed by atoms with Gasteiger partial charge < -0.3 is 10.6 Å². The molecule has 1 fully saturated rings. The summed E-state index contributed by atoms with van der Waals surface area (Å²) in [5.74, 6) is -0.0351. The van der Waals surface area contributed by atoms with Crippen molar-refractivity contribution in [2.45, 2.75) is 37.8 Å². The van der Waals surface area contributed by atoms with Crippen LogP contribution in [0.4, 0.5) is 0 Å². The minimum Gasteiger partial charge on any atom is -0.349 e. The third kappa shape index (κ3) is 3.75. The number of rotatable bonds is 4. The molecule has 0 saturated heterocycles. The second-order valence-corrected chi connectivity index (χ2v) is 7.09. The molecule has 2 unspecified atom stereocenters. The Morgan fingerprint density at radius 2 is 1.41 bits per heavy atom. The molecule has 1 saturated carbocycles. The molecule has 2 N–H and O–H groups in total. The molecule has 22 heavy (non-hydrogen) atoms. The summed E-state index contributed by atoms with van der Waals surface area (Å²) in [6.07, 6.45) is 3.76. The maximum absolute atomic E-state index is 12.1. The van der Waals surface area contributed by atoms with Gasteiger partial charge in [0.2, 0.25) is 0 Å². The van der Waals surface area contributed by atoms with E-state index in [1.54, 1.807) is 0 Å². The second-order valence-electron chi connectivity index (χ2n) is 5.53. The first-order chi connectivity index (χ1) is 10.7. The van der Waals surface area contributed by atoms with Crippen molar-refractivity contribution in [1.82, 2.24) is 10.6 Å². The van der Waals surface area contributed by atoms with Gasteiger partial charge in [0.15, 0.2) is 0 Å². The normalized spacial score (nSPS) is 21.3. The molecule has 0 radical (unpaired) electrons. The van der Waals surface area contributed by atoms with E-state index in [-0.39, 0.29) is 23.9 Å². The van der Waals surface area contributed by atoms with Gasteiger partial charge in [-0.1, -0.05) is 0 Å². The summed E-state index contributed by atoms with van der Waals surface area (Å²) in [5.41, 5.74) is 1.43. The van der Waals surface area contributed by atoms with Crippen molar-refractivity contribution in [3.63, 3.8) is 0 Å². The minimum absolute atomic E-state index is 0.0175. The van der Waals surface area contributed by atoms with Crippen LogP contribution in [0.15, 0.2) is 33.7 Å². The van der Waals surface area contributed by atoms with E-state index in [0.717, 1.165) is 36.8 Å². The molecule has 1 aliphatic carbocycles. The standard InChI is InChI=1S/C16H18N2O2S2/c19-15(11-4-6-21-9-11)17-13-2-1-3-14(8-13)18-16(20)12-5-7-22-10-12/h4-7,9-10,13-14H,1-3,8H2,(H,17,19)(H,18,20). The van der Waals surface area contributed by atoms with Crippen LogP contribution in [0.2, 0.25) is 0 Å². The highest BCUT2D eigenvalue weighted by atomic mass is 32.1. The average molecular weight is 334 g/mol. The van der Waals surface area contributed by atoms with Gasteiger partial charge in [0.25, 0.3) is 11.8 Å². The van der Waals surface area contributed by atoms with Crippen molar-refractivity contribution in [2.75, 3.05) is 0 Å². The van der Waals surface area contributed by atoms with Crippen molar-refractivity contribution < 1.29 is 9.59 Å². The van der Waals surface area contributed by atoms with Crippen molar-refractivity contribution in [1.29, 1.82) is 0 Å². The fourth-order valence-corrected chi connectivity index (χ4v) is 4.05. The lowest BCUT2D eigenvalue weighted by molar-refractivity contribution is 0.0903. The highest BCUT2D eigenvalue weighted by molar-refractivity contribution is 7.08. The van der Waals surface area contributed by atoms with E-state index in [0.29, 0.717) is 0 Å². The highest BCUT2D eigenvalue weighted by Crippen LogP contribution is 2.20. The Labute approximate surface area is 137 Å². The lowest BCUT2D eigenvalue weighted by atomic mass is 9.90. The van der Waals surface area contributed by atoms with E-state index in [4.69, 9.17) is 0 Å². The number of carbonyl (C=O) groups is 2. The topological polar surface area (TPSA) is 58.2 Å². The Morgan fingerprint density at radius 1 is 0.909 bits per heavy atom. The van der Waals surface area contributed by atoms with Crippen LogP contribution >= 0.6 is 22.7 Å². The van der Waals surface area contributed by atoms with E-state index in [9.17, 15) is 9.59 Å². The summed E-state index contributed by atoms with van der Waals surface area (Å²) in [7, 11) is 0. The zero-order valence-electron chi connectivity index (χ0n) is 12.1. The monoisotopic (exact) mass is 334 g/mol. The van der Waals surface area contributed by atoms with E-state index >= 15 is 0 Å². The van der Waals surface area contributed by atoms with Gasteiger partial charge >= 0.3 is 0 Å². The molecule has 0 aliphatic heterocycles. The van der Waals surface area contributed by atoms with Crippen LogP contribution in [-0.4, -0.2) is 23.9 Å². The van der Waals surface area contributed by atoms with Crippen LogP contribution < -0.4 is 10.6 Å². The number of hydrogen-bond acceptors (Lipinski definition) is 4. The Balaban J connectivity index is 1.53. The number of nitrogens with one attached hydrogen (secondary N) is 2. The van der Waals surface area contributed by atoms with Crippen molar-refractivity contribution in [2.24, 2.45) is 0 Å². The van der Waals surface area contributed by atoms with Gasteiger partial charge in [-0.3, -0.25) is 9.59 Å². The lowest BCUT2D eigenvalue weighted by Crippen LogP contribution is -2.45. The van der Waals surface area contributed by atoms with Crippen molar-refractivity contribution in [3.05, 3.63) is 44.8 Å². The van der Waals surface area contributed by atoms with Gasteiger partial charge in [-0.2, -0.15) is 22.7 Å². The molecule has 2 amide bonds. The second kappa shape index (κ2) is 7.07. The Morgan fingerprint density at radius 3 is 1.82 bits per heavy atom. The SMILES string of the molecule is O=C(NC1CCCC(NC(=O)c2ccsc2)C1)c1ccsc1. The molecule has 0 bridgehead atoms. The van der Waals surface area contributed by atoms with Crippen LogP contribution in [0.3, 0.4) is 0 Å². The molecule has 2 aromatic rings. The average Bonchev–Trinajstić information content (AvgIpc) is 3.21. The Kier molecular flexibility index (Phi) is 4.90. The Hall–Kier alpha value is -1.66. The minimum atomic E-state index is -0.0175. The molecule has 2 atom stereocenters. The molecule has 3 rings (SSSR count). The molecule has 0 spiro atoms. The third-order valence-corrected chi connectivity index (χ3v) is 5.28. The summed E-state index contributed by atoms with van der Waals surface area (Å²) in [6, 6.07) is 3.93. The maximum Gasteiger partial charge on any atom is 0.252 e. The smallest absolute Gasteiger partial charge is 0.252 e. The summed E-state index contributed by atoms with van der Waals surface area (Å²) in [4.78, 5) is 24.2. The van der Waals surface area contributed by atoms with Gasteiger partial charge in [-0.25, -0.2) is 0 Å². The van der Waals surface area contributed by atoms with Crippen LogP contribution in [0.25, 0.3) is 0 Å². The summed E-state index contributed by atoms with van der Waals surface area (Å²) in [6.45, 7) is 0. The maximum atomic E-state index is 12.1. The van der Waals surface area contributed by atoms with E-state index in [1.807, 2.05) is 33.7 Å². The van der Waals surface area contributed by atoms with Crippen LogP contribution in [-0.2, 0) is 0 Å². The summed E-state index contributed by atoms with van der Waals surface area (Å²) >= 11 is 3.04. The number of thiophene rings is 2. The Bertz CT molecular complexity index is 568. The molecule has 4 nitrogen and oxygen atoms in total. The van der Waals surface area contributed by atoms with E-state index in [1.165, 1.54) is 22.7 Å². The van der Waals surface area contributed by atoms with Gasteiger partial charge in [0.05, 0.1) is 0 Å². The fraction of sp³-hybridized carbons (Fsp3) is 0.375. The lowest BCUT2D eigenvalue weighted by Gasteiger charge is -2.30. The van der Waals surface area contributed by atoms with Crippen LogP contribution in [0, 0.1) is 0 Å². The number of hydrogen-bond donors (Lipinski definition) is 2. The fourth-order valence-electron chi connectivity index (χ4n) is 2.78. The zero-order chi connectivity index (χ0) is 15.4. The van der Waals surface area contributed by atoms with E-state index in [2.05, 4.69) is 10.6 Å². The van der Waals surface area contributed by atoms with Crippen LogP contribution in [0.1, 0.15) is 46.4 Å². The van der Waals surface area contributed by atoms with Gasteiger partial charge in [0, 0.05) is 34.0 Å². The van der Waals surface area contributed by atoms with Gasteiger partial charge in [0.1, 0.15) is 0 Å². The first kappa shape index (κ1) is 15.2. The van der Waals surface area contributed by atoms with Crippen molar-refractivity contribution >= 4 is 34.5 Å².